The predicted molar refractivity (Wildman–Crippen MR) is 63.8 cm³/mol. The molecule has 1 N–H and O–H groups in total. The van der Waals surface area contributed by atoms with E-state index in [1.54, 1.807) is 10.8 Å². The van der Waals surface area contributed by atoms with Gasteiger partial charge in [0.2, 0.25) is 0 Å². The van der Waals surface area contributed by atoms with Crippen LogP contribution in [0.25, 0.3) is 0 Å². The summed E-state index contributed by atoms with van der Waals surface area (Å²) >= 11 is 1.31. The Hall–Kier alpha value is -2.00. The molecule has 0 saturated carbocycles. The Morgan fingerprint density at radius 3 is 2.67 bits per heavy atom. The lowest BCUT2D eigenvalue weighted by Crippen LogP contribution is -2.05. The van der Waals surface area contributed by atoms with E-state index in [1.165, 1.54) is 23.5 Å². The van der Waals surface area contributed by atoms with E-state index in [9.17, 15) is 13.2 Å². The summed E-state index contributed by atoms with van der Waals surface area (Å²) in [6.45, 7) is 0. The molecule has 0 saturated heterocycles. The Kier molecular flexibility index (Phi) is 3.26. The van der Waals surface area contributed by atoms with Crippen molar-refractivity contribution in [1.82, 2.24) is 0 Å². The Bertz CT molecular complexity index is 596. The standard InChI is InChI=1S/C12H7F3N2S/c13-12(14,15)9-2-1-3-10(4-9)17-11-7-18-6-8(11)5-16/h1-4,6-7,17H. The number of anilines is 2. The number of rotatable bonds is 2. The van der Waals surface area contributed by atoms with Crippen LogP contribution >= 0.6 is 11.3 Å². The van der Waals surface area contributed by atoms with Gasteiger partial charge in [-0.2, -0.15) is 18.4 Å². The van der Waals surface area contributed by atoms with Gasteiger partial charge in [-0.3, -0.25) is 0 Å². The third-order valence-corrected chi connectivity index (χ3v) is 2.99. The fourth-order valence-corrected chi connectivity index (χ4v) is 2.11. The molecule has 18 heavy (non-hydrogen) atoms. The first-order valence-corrected chi connectivity index (χ1v) is 5.85. The van der Waals surface area contributed by atoms with Crippen LogP contribution in [0.3, 0.4) is 0 Å². The van der Waals surface area contributed by atoms with Crippen molar-refractivity contribution in [2.75, 3.05) is 5.32 Å². The van der Waals surface area contributed by atoms with Crippen molar-refractivity contribution in [1.29, 1.82) is 5.26 Å². The summed E-state index contributed by atoms with van der Waals surface area (Å²) in [6.07, 6.45) is -4.37. The summed E-state index contributed by atoms with van der Waals surface area (Å²) in [4.78, 5) is 0. The van der Waals surface area contributed by atoms with E-state index in [-0.39, 0.29) is 0 Å². The molecule has 0 aliphatic rings. The van der Waals surface area contributed by atoms with Gasteiger partial charge in [-0.1, -0.05) is 6.07 Å². The highest BCUT2D eigenvalue weighted by Crippen LogP contribution is 2.32. The van der Waals surface area contributed by atoms with E-state index >= 15 is 0 Å². The lowest BCUT2D eigenvalue weighted by atomic mass is 10.2. The van der Waals surface area contributed by atoms with E-state index < -0.39 is 11.7 Å². The lowest BCUT2D eigenvalue weighted by molar-refractivity contribution is -0.137. The molecule has 1 aromatic carbocycles. The van der Waals surface area contributed by atoms with Crippen LogP contribution in [0.15, 0.2) is 35.0 Å². The highest BCUT2D eigenvalue weighted by atomic mass is 32.1. The lowest BCUT2D eigenvalue weighted by Gasteiger charge is -2.09. The number of halogens is 3. The summed E-state index contributed by atoms with van der Waals surface area (Å²) in [5, 5.41) is 14.9. The number of nitrogens with one attached hydrogen (secondary N) is 1. The molecule has 2 rings (SSSR count). The first-order valence-electron chi connectivity index (χ1n) is 4.91. The molecule has 0 spiro atoms. The van der Waals surface area contributed by atoms with Gasteiger partial charge in [-0.25, -0.2) is 0 Å². The van der Waals surface area contributed by atoms with Gasteiger partial charge in [-0.15, -0.1) is 11.3 Å². The van der Waals surface area contributed by atoms with Crippen molar-refractivity contribution in [2.24, 2.45) is 0 Å². The monoisotopic (exact) mass is 268 g/mol. The number of thiophene rings is 1. The van der Waals surface area contributed by atoms with E-state index in [0.29, 0.717) is 16.9 Å². The van der Waals surface area contributed by atoms with Crippen LogP contribution in [0.5, 0.6) is 0 Å². The molecule has 0 aliphatic heterocycles. The van der Waals surface area contributed by atoms with Gasteiger partial charge in [0.1, 0.15) is 6.07 Å². The normalized spacial score (nSPS) is 11.0. The van der Waals surface area contributed by atoms with Crippen LogP contribution in [-0.2, 0) is 6.18 Å². The third kappa shape index (κ3) is 2.63. The van der Waals surface area contributed by atoms with Gasteiger partial charge in [0.15, 0.2) is 0 Å². The number of hydrogen-bond donors (Lipinski definition) is 1. The molecular weight excluding hydrogens is 261 g/mol. The molecule has 0 atom stereocenters. The number of hydrogen-bond acceptors (Lipinski definition) is 3. The maximum absolute atomic E-state index is 12.5. The van der Waals surface area contributed by atoms with Crippen LogP contribution in [-0.4, -0.2) is 0 Å². The molecule has 0 amide bonds. The Labute approximate surface area is 105 Å². The van der Waals surface area contributed by atoms with E-state index in [1.807, 2.05) is 6.07 Å². The fourth-order valence-electron chi connectivity index (χ4n) is 1.41. The Morgan fingerprint density at radius 1 is 1.22 bits per heavy atom. The third-order valence-electron chi connectivity index (χ3n) is 2.25. The fraction of sp³-hybridized carbons (Fsp3) is 0.0833. The number of nitriles is 1. The van der Waals surface area contributed by atoms with Crippen LogP contribution in [0, 0.1) is 11.3 Å². The van der Waals surface area contributed by atoms with Crippen molar-refractivity contribution in [3.63, 3.8) is 0 Å². The SMILES string of the molecule is N#Cc1cscc1Nc1cccc(C(F)(F)F)c1. The zero-order valence-electron chi connectivity index (χ0n) is 8.95. The van der Waals surface area contributed by atoms with Crippen molar-refractivity contribution in [3.8, 4) is 6.07 Å². The minimum absolute atomic E-state index is 0.305. The topological polar surface area (TPSA) is 35.8 Å². The highest BCUT2D eigenvalue weighted by molar-refractivity contribution is 7.08. The van der Waals surface area contributed by atoms with Crippen molar-refractivity contribution < 1.29 is 13.2 Å². The number of benzene rings is 1. The molecule has 92 valence electrons. The van der Waals surface area contributed by atoms with Gasteiger partial charge in [-0.05, 0) is 18.2 Å². The predicted octanol–water partition coefficient (Wildman–Crippen LogP) is 4.38. The van der Waals surface area contributed by atoms with Gasteiger partial charge < -0.3 is 5.32 Å². The summed E-state index contributed by atoms with van der Waals surface area (Å²) in [5.41, 5.74) is 0.514. The van der Waals surface area contributed by atoms with Crippen molar-refractivity contribution in [3.05, 3.63) is 46.2 Å². The summed E-state index contributed by atoms with van der Waals surface area (Å²) in [7, 11) is 0. The largest absolute Gasteiger partial charge is 0.416 e. The molecule has 0 radical (unpaired) electrons. The first-order chi connectivity index (χ1) is 8.50. The van der Waals surface area contributed by atoms with Gasteiger partial charge in [0.05, 0.1) is 16.8 Å². The van der Waals surface area contributed by atoms with E-state index in [4.69, 9.17) is 5.26 Å². The van der Waals surface area contributed by atoms with Crippen LogP contribution < -0.4 is 5.32 Å². The zero-order chi connectivity index (χ0) is 13.2. The van der Waals surface area contributed by atoms with Crippen molar-refractivity contribution in [2.45, 2.75) is 6.18 Å². The highest BCUT2D eigenvalue weighted by Gasteiger charge is 2.30. The second-order valence-electron chi connectivity index (χ2n) is 3.51. The molecule has 0 fully saturated rings. The molecule has 1 aromatic heterocycles. The molecule has 0 bridgehead atoms. The molecule has 6 heteroatoms. The second kappa shape index (κ2) is 4.70. The summed E-state index contributed by atoms with van der Waals surface area (Å²) in [6, 6.07) is 6.83. The maximum Gasteiger partial charge on any atom is 0.416 e. The van der Waals surface area contributed by atoms with Gasteiger partial charge >= 0.3 is 6.18 Å². The molecule has 0 unspecified atom stereocenters. The van der Waals surface area contributed by atoms with E-state index in [2.05, 4.69) is 5.32 Å². The molecule has 2 nitrogen and oxygen atoms in total. The zero-order valence-corrected chi connectivity index (χ0v) is 9.77. The molecule has 2 aromatic rings. The van der Waals surface area contributed by atoms with Crippen molar-refractivity contribution >= 4 is 22.7 Å². The van der Waals surface area contributed by atoms with Crippen LogP contribution in [0.2, 0.25) is 0 Å². The van der Waals surface area contributed by atoms with Crippen LogP contribution in [0.1, 0.15) is 11.1 Å². The van der Waals surface area contributed by atoms with Gasteiger partial charge in [0.25, 0.3) is 0 Å². The minimum Gasteiger partial charge on any atom is -0.354 e. The van der Waals surface area contributed by atoms with Gasteiger partial charge in [0, 0.05) is 16.4 Å². The smallest absolute Gasteiger partial charge is 0.354 e. The van der Waals surface area contributed by atoms with E-state index in [0.717, 1.165) is 12.1 Å². The summed E-state index contributed by atoms with van der Waals surface area (Å²) in [5.74, 6) is 0. The maximum atomic E-state index is 12.5. The van der Waals surface area contributed by atoms with Crippen LogP contribution in [0.4, 0.5) is 24.5 Å². The summed E-state index contributed by atoms with van der Waals surface area (Å²) < 4.78 is 37.5. The Morgan fingerprint density at radius 2 is 2.00 bits per heavy atom. The number of alkyl halides is 3. The Balaban J connectivity index is 2.28. The second-order valence-corrected chi connectivity index (χ2v) is 4.26. The average molecular weight is 268 g/mol. The molecule has 0 aliphatic carbocycles. The number of nitrogens with zero attached hydrogens (tertiary/aromatic N) is 1. The average Bonchev–Trinajstić information content (AvgIpc) is 2.75. The molecule has 1 heterocycles. The molecular formula is C12H7F3N2S. The quantitative estimate of drug-likeness (QED) is 0.877. The minimum atomic E-state index is -4.37. The first kappa shape index (κ1) is 12.5.